The van der Waals surface area contributed by atoms with Gasteiger partial charge < -0.3 is 10.2 Å². The van der Waals surface area contributed by atoms with Crippen molar-refractivity contribution in [1.29, 1.82) is 0 Å². The van der Waals surface area contributed by atoms with Crippen LogP contribution >= 0.6 is 23.2 Å². The Morgan fingerprint density at radius 2 is 1.71 bits per heavy atom. The second kappa shape index (κ2) is 11.9. The van der Waals surface area contributed by atoms with E-state index in [9.17, 15) is 18.0 Å². The van der Waals surface area contributed by atoms with Crippen LogP contribution in [0.1, 0.15) is 38.3 Å². The Hall–Kier alpha value is -2.29. The van der Waals surface area contributed by atoms with Crippen LogP contribution in [0, 0.1) is 6.92 Å². The van der Waals surface area contributed by atoms with Crippen LogP contribution in [0.15, 0.2) is 42.5 Å². The fourth-order valence-electron chi connectivity index (χ4n) is 3.53. The largest absolute Gasteiger partial charge is 0.352 e. The predicted molar refractivity (Wildman–Crippen MR) is 138 cm³/mol. The van der Waals surface area contributed by atoms with E-state index in [1.54, 1.807) is 0 Å². The molecule has 2 amide bonds. The first-order chi connectivity index (χ1) is 15.8. The maximum Gasteiger partial charge on any atom is 0.244 e. The van der Waals surface area contributed by atoms with Gasteiger partial charge in [0.1, 0.15) is 12.6 Å². The lowest BCUT2D eigenvalue weighted by Gasteiger charge is -2.33. The molecule has 34 heavy (non-hydrogen) atoms. The third kappa shape index (κ3) is 7.35. The Balaban J connectivity index is 2.48. The van der Waals surface area contributed by atoms with E-state index >= 15 is 0 Å². The number of carbonyl (C=O) groups excluding carboxylic acids is 2. The molecule has 1 atom stereocenters. The van der Waals surface area contributed by atoms with Crippen molar-refractivity contribution in [2.45, 2.75) is 52.7 Å². The molecule has 0 aliphatic heterocycles. The molecule has 10 heteroatoms. The van der Waals surface area contributed by atoms with Gasteiger partial charge in [0, 0.05) is 12.6 Å². The summed E-state index contributed by atoms with van der Waals surface area (Å²) in [5.74, 6) is -0.801. The number of benzene rings is 2. The van der Waals surface area contributed by atoms with E-state index in [1.807, 2.05) is 52.0 Å². The molecular weight excluding hydrogens is 497 g/mol. The van der Waals surface area contributed by atoms with Gasteiger partial charge in [0.2, 0.25) is 21.8 Å². The van der Waals surface area contributed by atoms with Crippen molar-refractivity contribution in [2.75, 3.05) is 17.1 Å². The topological polar surface area (TPSA) is 86.8 Å². The average molecular weight is 529 g/mol. The lowest BCUT2D eigenvalue weighted by atomic mass is 10.1. The summed E-state index contributed by atoms with van der Waals surface area (Å²) in [5.41, 5.74) is 2.04. The summed E-state index contributed by atoms with van der Waals surface area (Å²) in [7, 11) is -3.85. The van der Waals surface area contributed by atoms with E-state index in [0.717, 1.165) is 21.7 Å². The normalized spacial score (nSPS) is 12.4. The van der Waals surface area contributed by atoms with Crippen molar-refractivity contribution in [2.24, 2.45) is 0 Å². The molecule has 0 saturated heterocycles. The zero-order valence-electron chi connectivity index (χ0n) is 20.0. The molecule has 2 aromatic carbocycles. The zero-order chi connectivity index (χ0) is 25.6. The molecule has 0 aromatic heterocycles. The van der Waals surface area contributed by atoms with Crippen LogP contribution in [-0.2, 0) is 26.2 Å². The number of hydrogen-bond acceptors (Lipinski definition) is 4. The fourth-order valence-corrected chi connectivity index (χ4v) is 4.66. The summed E-state index contributed by atoms with van der Waals surface area (Å²) in [6.45, 7) is 7.09. The monoisotopic (exact) mass is 527 g/mol. The fraction of sp³-hybridized carbons (Fsp3) is 0.417. The minimum absolute atomic E-state index is 0.110. The van der Waals surface area contributed by atoms with Gasteiger partial charge in [-0.2, -0.15) is 0 Å². The molecule has 2 rings (SSSR count). The zero-order valence-corrected chi connectivity index (χ0v) is 22.3. The highest BCUT2D eigenvalue weighted by Gasteiger charge is 2.32. The average Bonchev–Trinajstić information content (AvgIpc) is 2.73. The number of nitrogens with zero attached hydrogens (tertiary/aromatic N) is 2. The van der Waals surface area contributed by atoms with Crippen LogP contribution in [0.5, 0.6) is 0 Å². The van der Waals surface area contributed by atoms with Crippen LogP contribution < -0.4 is 9.62 Å². The van der Waals surface area contributed by atoms with Gasteiger partial charge in [0.15, 0.2) is 0 Å². The van der Waals surface area contributed by atoms with Crippen LogP contribution in [0.2, 0.25) is 10.0 Å². The van der Waals surface area contributed by atoms with E-state index in [1.165, 1.54) is 23.1 Å². The number of carbonyl (C=O) groups is 2. The van der Waals surface area contributed by atoms with Gasteiger partial charge >= 0.3 is 0 Å². The minimum atomic E-state index is -3.85. The third-order valence-electron chi connectivity index (χ3n) is 5.29. The second-order valence-corrected chi connectivity index (χ2v) is 11.1. The Labute approximate surface area is 212 Å². The third-order valence-corrected chi connectivity index (χ3v) is 7.17. The second-order valence-electron chi connectivity index (χ2n) is 8.40. The molecule has 0 aliphatic rings. The number of aryl methyl sites for hydroxylation is 1. The van der Waals surface area contributed by atoms with Gasteiger partial charge in [0.05, 0.1) is 22.0 Å². The Kier molecular flexibility index (Phi) is 9.79. The lowest BCUT2D eigenvalue weighted by Crippen LogP contribution is -2.53. The van der Waals surface area contributed by atoms with Crippen molar-refractivity contribution in [3.05, 3.63) is 63.6 Å². The molecule has 0 spiro atoms. The number of sulfonamides is 1. The summed E-state index contributed by atoms with van der Waals surface area (Å²) < 4.78 is 26.2. The molecule has 1 N–H and O–H groups in total. The smallest absolute Gasteiger partial charge is 0.244 e. The quantitative estimate of drug-likeness (QED) is 0.495. The van der Waals surface area contributed by atoms with Crippen molar-refractivity contribution >= 4 is 50.7 Å². The number of anilines is 1. The van der Waals surface area contributed by atoms with Crippen LogP contribution in [-0.4, -0.2) is 50.0 Å². The molecule has 0 unspecified atom stereocenters. The Morgan fingerprint density at radius 3 is 2.24 bits per heavy atom. The van der Waals surface area contributed by atoms with Gasteiger partial charge in [-0.3, -0.25) is 13.9 Å². The van der Waals surface area contributed by atoms with E-state index < -0.39 is 28.5 Å². The SMILES string of the molecule is CC[C@H](C(=O)NC(C)C)N(Cc1ccccc1C)C(=O)CN(c1ccc(Cl)c(Cl)c1)S(C)(=O)=O. The molecule has 0 heterocycles. The minimum Gasteiger partial charge on any atom is -0.352 e. The first kappa shape index (κ1) is 28.0. The molecule has 186 valence electrons. The van der Waals surface area contributed by atoms with Gasteiger partial charge in [-0.05, 0) is 56.5 Å². The van der Waals surface area contributed by atoms with Crippen LogP contribution in [0.4, 0.5) is 5.69 Å². The van der Waals surface area contributed by atoms with E-state index in [-0.39, 0.29) is 34.2 Å². The van der Waals surface area contributed by atoms with Gasteiger partial charge in [-0.25, -0.2) is 8.42 Å². The predicted octanol–water partition coefficient (Wildman–Crippen LogP) is 4.40. The van der Waals surface area contributed by atoms with Crippen LogP contribution in [0.3, 0.4) is 0 Å². The summed E-state index contributed by atoms with van der Waals surface area (Å²) in [6, 6.07) is 11.0. The molecule has 0 saturated carbocycles. The molecule has 0 radical (unpaired) electrons. The first-order valence-electron chi connectivity index (χ1n) is 10.9. The molecule has 2 aromatic rings. The van der Waals surface area contributed by atoms with E-state index in [4.69, 9.17) is 23.2 Å². The highest BCUT2D eigenvalue weighted by molar-refractivity contribution is 7.92. The maximum absolute atomic E-state index is 13.6. The highest BCUT2D eigenvalue weighted by Crippen LogP contribution is 2.28. The summed E-state index contributed by atoms with van der Waals surface area (Å²) in [4.78, 5) is 28.0. The summed E-state index contributed by atoms with van der Waals surface area (Å²) >= 11 is 12.1. The lowest BCUT2D eigenvalue weighted by molar-refractivity contribution is -0.140. The maximum atomic E-state index is 13.6. The summed E-state index contributed by atoms with van der Waals surface area (Å²) in [6.07, 6.45) is 1.37. The number of nitrogens with one attached hydrogen (secondary N) is 1. The van der Waals surface area contributed by atoms with Gasteiger partial charge in [0.25, 0.3) is 0 Å². The molecule has 7 nitrogen and oxygen atoms in total. The molecule has 0 fully saturated rings. The van der Waals surface area contributed by atoms with Crippen LogP contribution in [0.25, 0.3) is 0 Å². The number of rotatable bonds is 10. The van der Waals surface area contributed by atoms with Crippen molar-refractivity contribution in [3.63, 3.8) is 0 Å². The van der Waals surface area contributed by atoms with Gasteiger partial charge in [-0.15, -0.1) is 0 Å². The first-order valence-corrected chi connectivity index (χ1v) is 13.5. The standard InChI is InChI=1S/C24H31Cl2N3O4S/c1-6-22(24(31)27-16(2)3)28(14-18-10-8-7-9-17(18)4)23(30)15-29(34(5,32)33)19-11-12-20(25)21(26)13-19/h7-13,16,22H,6,14-15H2,1-5H3,(H,27,31)/t22-/m1/s1. The molecule has 0 aliphatic carbocycles. The number of halogens is 2. The number of hydrogen-bond donors (Lipinski definition) is 1. The van der Waals surface area contributed by atoms with Gasteiger partial charge in [-0.1, -0.05) is 54.4 Å². The van der Waals surface area contributed by atoms with E-state index in [0.29, 0.717) is 6.42 Å². The summed E-state index contributed by atoms with van der Waals surface area (Å²) in [5, 5.41) is 3.29. The highest BCUT2D eigenvalue weighted by atomic mass is 35.5. The molecular formula is C24H31Cl2N3O4S. The number of amides is 2. The molecule has 0 bridgehead atoms. The Morgan fingerprint density at radius 1 is 1.06 bits per heavy atom. The van der Waals surface area contributed by atoms with Crippen molar-refractivity contribution in [1.82, 2.24) is 10.2 Å². The Bertz CT molecular complexity index is 1140. The van der Waals surface area contributed by atoms with E-state index in [2.05, 4.69) is 5.32 Å². The van der Waals surface area contributed by atoms with Crippen molar-refractivity contribution < 1.29 is 18.0 Å². The van der Waals surface area contributed by atoms with Crippen molar-refractivity contribution in [3.8, 4) is 0 Å².